The van der Waals surface area contributed by atoms with Crippen LogP contribution in [0.15, 0.2) is 48.8 Å². The van der Waals surface area contributed by atoms with Crippen LogP contribution >= 0.6 is 7.75 Å². The number of nitrogens with zero attached hydrogens (tertiary/aromatic N) is 4. The number of benzene rings is 1. The molecule has 45 heavy (non-hydrogen) atoms. The van der Waals surface area contributed by atoms with Gasteiger partial charge in [0, 0.05) is 25.0 Å². The van der Waals surface area contributed by atoms with Gasteiger partial charge >= 0.3 is 25.7 Å². The summed E-state index contributed by atoms with van der Waals surface area (Å²) < 4.78 is 42.2. The standard InChI is InChI=1S/C28H35N6O10P/c1-5-23(35)42-22(14-19-12-13-21-26(30)31-17-32-34(19)21)25(43-24(36)6-2)28(38,15-29)16-41-45(39,33-18(3)27(37)40-4)44-20-10-8-7-9-11-20/h7-13,17-18,22,25,38H,5-6,14,16H2,1-4H3,(H,33,39)(H2,30,31,32)/t18-,22-,25-,28+,45+/m0/s1. The summed E-state index contributed by atoms with van der Waals surface area (Å²) >= 11 is 0. The Hall–Kier alpha value is -4.55. The van der Waals surface area contributed by atoms with Crippen LogP contribution in [0.2, 0.25) is 0 Å². The number of nitriles is 1. The highest BCUT2D eigenvalue weighted by atomic mass is 31.2. The zero-order valence-corrected chi connectivity index (χ0v) is 26.0. The van der Waals surface area contributed by atoms with Crippen LogP contribution in [-0.2, 0) is 44.1 Å². The van der Waals surface area contributed by atoms with Gasteiger partial charge < -0.3 is 29.6 Å². The molecule has 0 aliphatic rings. The number of fused-ring (bicyclic) bond motifs is 1. The highest BCUT2D eigenvalue weighted by molar-refractivity contribution is 7.52. The van der Waals surface area contributed by atoms with Crippen LogP contribution < -0.4 is 15.3 Å². The molecule has 0 amide bonds. The molecule has 3 aromatic rings. The molecule has 0 radical (unpaired) electrons. The monoisotopic (exact) mass is 646 g/mol. The van der Waals surface area contributed by atoms with Gasteiger partial charge in [0.05, 0.1) is 7.11 Å². The van der Waals surface area contributed by atoms with Crippen molar-refractivity contribution >= 4 is 37.0 Å². The lowest BCUT2D eigenvalue weighted by Gasteiger charge is -2.35. The number of nitrogens with two attached hydrogens (primary N) is 1. The third-order valence-electron chi connectivity index (χ3n) is 6.42. The van der Waals surface area contributed by atoms with Crippen molar-refractivity contribution in [3.63, 3.8) is 0 Å². The van der Waals surface area contributed by atoms with Gasteiger partial charge in [0.25, 0.3) is 0 Å². The summed E-state index contributed by atoms with van der Waals surface area (Å²) in [7, 11) is -3.44. The number of methoxy groups -OCH3 is 1. The molecule has 3 rings (SSSR count). The number of para-hydroxylation sites is 1. The van der Waals surface area contributed by atoms with Gasteiger partial charge in [-0.05, 0) is 31.2 Å². The molecule has 16 nitrogen and oxygen atoms in total. The number of esters is 3. The maximum Gasteiger partial charge on any atom is 0.459 e. The highest BCUT2D eigenvalue weighted by Crippen LogP contribution is 2.46. The third-order valence-corrected chi connectivity index (χ3v) is 8.04. The van der Waals surface area contributed by atoms with Gasteiger partial charge in [0.2, 0.25) is 5.60 Å². The first-order valence-electron chi connectivity index (χ1n) is 13.8. The van der Waals surface area contributed by atoms with E-state index in [-0.39, 0.29) is 30.8 Å². The number of hydrogen-bond donors (Lipinski definition) is 3. The quantitative estimate of drug-likeness (QED) is 0.0876. The van der Waals surface area contributed by atoms with E-state index in [1.54, 1.807) is 36.4 Å². The minimum atomic E-state index is -4.56. The van der Waals surface area contributed by atoms with Crippen molar-refractivity contribution in [1.82, 2.24) is 19.7 Å². The Morgan fingerprint density at radius 3 is 2.42 bits per heavy atom. The molecule has 17 heteroatoms. The van der Waals surface area contributed by atoms with E-state index in [0.717, 1.165) is 7.11 Å². The van der Waals surface area contributed by atoms with E-state index in [4.69, 9.17) is 24.3 Å². The van der Waals surface area contributed by atoms with E-state index in [9.17, 15) is 29.3 Å². The number of ether oxygens (including phenoxy) is 3. The summed E-state index contributed by atoms with van der Waals surface area (Å²) in [5.74, 6) is -2.16. The topological polar surface area (TPSA) is 227 Å². The Labute approximate surface area is 259 Å². The number of carbonyl (C=O) groups is 3. The lowest BCUT2D eigenvalue weighted by Crippen LogP contribution is -2.55. The van der Waals surface area contributed by atoms with E-state index in [0.29, 0.717) is 11.2 Å². The van der Waals surface area contributed by atoms with Crippen molar-refractivity contribution in [2.75, 3.05) is 19.5 Å². The fourth-order valence-corrected chi connectivity index (χ4v) is 5.60. The lowest BCUT2D eigenvalue weighted by atomic mass is 9.92. The van der Waals surface area contributed by atoms with Gasteiger partial charge in [-0.15, -0.1) is 0 Å². The molecule has 0 unspecified atom stereocenters. The molecule has 0 aliphatic carbocycles. The lowest BCUT2D eigenvalue weighted by molar-refractivity contribution is -0.187. The van der Waals surface area contributed by atoms with Gasteiger partial charge in [-0.25, -0.2) is 14.1 Å². The second-order valence-corrected chi connectivity index (χ2v) is 11.4. The highest BCUT2D eigenvalue weighted by Gasteiger charge is 2.49. The van der Waals surface area contributed by atoms with Crippen molar-refractivity contribution in [3.05, 3.63) is 54.5 Å². The predicted molar refractivity (Wildman–Crippen MR) is 157 cm³/mol. The van der Waals surface area contributed by atoms with Crippen LogP contribution in [0.25, 0.3) is 5.52 Å². The number of anilines is 1. The van der Waals surface area contributed by atoms with Crippen LogP contribution in [0.1, 0.15) is 39.3 Å². The fraction of sp³-hybridized carbons (Fsp3) is 0.429. The van der Waals surface area contributed by atoms with Crippen LogP contribution in [-0.4, -0.2) is 75.2 Å². The van der Waals surface area contributed by atoms with Gasteiger partial charge in [-0.1, -0.05) is 32.0 Å². The van der Waals surface area contributed by atoms with E-state index in [1.807, 2.05) is 0 Å². The van der Waals surface area contributed by atoms with Gasteiger partial charge in [0.1, 0.15) is 42.4 Å². The smallest absolute Gasteiger partial charge is 0.459 e. The Morgan fingerprint density at radius 2 is 1.80 bits per heavy atom. The molecule has 0 aliphatic heterocycles. The van der Waals surface area contributed by atoms with Gasteiger partial charge in [-0.2, -0.15) is 15.4 Å². The first-order chi connectivity index (χ1) is 21.4. The van der Waals surface area contributed by atoms with Crippen molar-refractivity contribution in [3.8, 4) is 11.8 Å². The van der Waals surface area contributed by atoms with Crippen molar-refractivity contribution in [1.29, 1.82) is 5.26 Å². The number of hydrogen-bond acceptors (Lipinski definition) is 14. The zero-order valence-electron chi connectivity index (χ0n) is 25.1. The van der Waals surface area contributed by atoms with Gasteiger partial charge in [0.15, 0.2) is 11.9 Å². The molecule has 2 aromatic heterocycles. The van der Waals surface area contributed by atoms with Crippen molar-refractivity contribution in [2.45, 2.75) is 63.9 Å². The number of rotatable bonds is 16. The summed E-state index contributed by atoms with van der Waals surface area (Å²) in [6.07, 6.45) is -2.63. The Morgan fingerprint density at radius 1 is 1.13 bits per heavy atom. The van der Waals surface area contributed by atoms with E-state index >= 15 is 0 Å². The average molecular weight is 647 g/mol. The summed E-state index contributed by atoms with van der Waals surface area (Å²) in [5, 5.41) is 28.5. The first-order valence-corrected chi connectivity index (χ1v) is 15.4. The molecule has 0 bridgehead atoms. The SMILES string of the molecule is CCC(=O)O[C@@H](Cc1ccc2c(N)ncnn12)[C@H](OC(=O)CC)[C@@](O)(C#N)CO[P@](=O)(N[C@@H](C)C(=O)OC)Oc1ccccc1. The molecule has 242 valence electrons. The summed E-state index contributed by atoms with van der Waals surface area (Å²) in [5.41, 5.74) is 3.98. The molecular formula is C28H35N6O10P. The molecule has 0 spiro atoms. The molecule has 0 fully saturated rings. The van der Waals surface area contributed by atoms with Crippen molar-refractivity contribution < 1.29 is 47.3 Å². The summed E-state index contributed by atoms with van der Waals surface area (Å²) in [4.78, 5) is 41.2. The minimum Gasteiger partial charge on any atom is -0.468 e. The Kier molecular flexibility index (Phi) is 12.0. The van der Waals surface area contributed by atoms with E-state index in [2.05, 4.69) is 19.9 Å². The van der Waals surface area contributed by atoms with Crippen LogP contribution in [0.5, 0.6) is 5.75 Å². The molecule has 1 aromatic carbocycles. The molecular weight excluding hydrogens is 611 g/mol. The second kappa shape index (κ2) is 15.4. The number of nitrogens with one attached hydrogen (secondary N) is 1. The zero-order chi connectivity index (χ0) is 33.2. The first kappa shape index (κ1) is 34.9. The Bertz CT molecular complexity index is 1580. The van der Waals surface area contributed by atoms with Crippen LogP contribution in [0, 0.1) is 11.3 Å². The summed E-state index contributed by atoms with van der Waals surface area (Å²) in [6, 6.07) is 11.4. The van der Waals surface area contributed by atoms with E-state index < -0.39 is 56.1 Å². The van der Waals surface area contributed by atoms with E-state index in [1.165, 1.54) is 43.7 Å². The average Bonchev–Trinajstić information content (AvgIpc) is 3.45. The predicted octanol–water partition coefficient (Wildman–Crippen LogP) is 2.11. The molecule has 5 atom stereocenters. The fourth-order valence-electron chi connectivity index (χ4n) is 4.07. The molecule has 0 saturated carbocycles. The number of nitrogen functional groups attached to an aromatic ring is 1. The molecule has 0 saturated heterocycles. The minimum absolute atomic E-state index is 0.0657. The number of aromatic nitrogens is 3. The second-order valence-electron chi connectivity index (χ2n) is 9.70. The Balaban J connectivity index is 2.03. The third kappa shape index (κ3) is 8.99. The van der Waals surface area contributed by atoms with Gasteiger partial charge in [-0.3, -0.25) is 18.9 Å². The van der Waals surface area contributed by atoms with Crippen molar-refractivity contribution in [2.24, 2.45) is 0 Å². The van der Waals surface area contributed by atoms with Crippen LogP contribution in [0.4, 0.5) is 5.82 Å². The van der Waals surface area contributed by atoms with Crippen LogP contribution in [0.3, 0.4) is 0 Å². The molecule has 2 heterocycles. The normalized spacial score (nSPS) is 15.8. The number of carbonyl (C=O) groups excluding carboxylic acids is 3. The number of aliphatic hydroxyl groups is 1. The maximum absolute atomic E-state index is 13.9. The maximum atomic E-state index is 13.9. The molecule has 4 N–H and O–H groups in total. The summed E-state index contributed by atoms with van der Waals surface area (Å²) in [6.45, 7) is 3.24. The largest absolute Gasteiger partial charge is 0.468 e.